The molecule has 0 aromatic carbocycles. The molecule has 4 heteroatoms. The lowest BCUT2D eigenvalue weighted by atomic mass is 10.2. The summed E-state index contributed by atoms with van der Waals surface area (Å²) in [6.07, 6.45) is 3.33. The number of hydrogen-bond donors (Lipinski definition) is 2. The molecular weight excluding hydrogens is 190 g/mol. The molecule has 1 atom stereocenters. The number of carbonyl (C=O) groups is 1. The summed E-state index contributed by atoms with van der Waals surface area (Å²) in [6, 6.07) is 2.46. The summed E-state index contributed by atoms with van der Waals surface area (Å²) >= 11 is 0. The quantitative estimate of drug-likeness (QED) is 0.593. The van der Waals surface area contributed by atoms with Crippen LogP contribution in [0.5, 0.6) is 0 Å². The van der Waals surface area contributed by atoms with E-state index in [2.05, 4.69) is 30.6 Å². The van der Waals surface area contributed by atoms with Crippen molar-refractivity contribution in [1.82, 2.24) is 10.6 Å². The minimum atomic E-state index is 0.0345. The van der Waals surface area contributed by atoms with Crippen molar-refractivity contribution >= 4 is 5.91 Å². The number of carbonyl (C=O) groups excluding carboxylic acids is 1. The van der Waals surface area contributed by atoms with Gasteiger partial charge in [0, 0.05) is 19.0 Å². The standard InChI is InChI=1S/C11H21N3O/c1-3-10(2)14-9-11(15)13-8-6-4-5-7-12/h10,14H,3-6,8-9H2,1-2H3,(H,13,15). The SMILES string of the molecule is CCC(C)NCC(=O)NCCCCC#N. The highest BCUT2D eigenvalue weighted by molar-refractivity contribution is 5.77. The lowest BCUT2D eigenvalue weighted by Crippen LogP contribution is -2.38. The maximum atomic E-state index is 11.3. The molecule has 0 radical (unpaired) electrons. The van der Waals surface area contributed by atoms with Gasteiger partial charge in [0.1, 0.15) is 0 Å². The Kier molecular flexibility index (Phi) is 8.79. The second kappa shape index (κ2) is 9.47. The lowest BCUT2D eigenvalue weighted by molar-refractivity contribution is -0.120. The van der Waals surface area contributed by atoms with Gasteiger partial charge in [-0.05, 0) is 26.2 Å². The van der Waals surface area contributed by atoms with E-state index in [1.54, 1.807) is 0 Å². The van der Waals surface area contributed by atoms with Crippen molar-refractivity contribution in [3.8, 4) is 6.07 Å². The van der Waals surface area contributed by atoms with Crippen molar-refractivity contribution in [2.45, 2.75) is 45.6 Å². The van der Waals surface area contributed by atoms with Gasteiger partial charge in [0.2, 0.25) is 5.91 Å². The fourth-order valence-corrected chi connectivity index (χ4v) is 1.03. The van der Waals surface area contributed by atoms with Gasteiger partial charge in [-0.1, -0.05) is 6.92 Å². The second-order valence-corrected chi connectivity index (χ2v) is 3.66. The Hall–Kier alpha value is -1.08. The molecule has 0 bridgehead atoms. The molecule has 0 aromatic heterocycles. The van der Waals surface area contributed by atoms with E-state index in [0.717, 1.165) is 19.3 Å². The predicted octanol–water partition coefficient (Wildman–Crippen LogP) is 1.18. The van der Waals surface area contributed by atoms with Gasteiger partial charge in [0.05, 0.1) is 12.6 Å². The summed E-state index contributed by atoms with van der Waals surface area (Å²) in [4.78, 5) is 11.3. The van der Waals surface area contributed by atoms with E-state index in [1.165, 1.54) is 0 Å². The average Bonchev–Trinajstić information content (AvgIpc) is 2.25. The van der Waals surface area contributed by atoms with Crippen molar-refractivity contribution in [1.29, 1.82) is 5.26 Å². The molecule has 0 aliphatic rings. The van der Waals surface area contributed by atoms with Gasteiger partial charge in [0.15, 0.2) is 0 Å². The third-order valence-electron chi connectivity index (χ3n) is 2.26. The Balaban J connectivity index is 3.30. The molecule has 0 rings (SSSR count). The second-order valence-electron chi connectivity index (χ2n) is 3.66. The van der Waals surface area contributed by atoms with Crippen LogP contribution in [-0.4, -0.2) is 25.0 Å². The average molecular weight is 211 g/mol. The van der Waals surface area contributed by atoms with Crippen molar-refractivity contribution in [2.75, 3.05) is 13.1 Å². The van der Waals surface area contributed by atoms with Crippen molar-refractivity contribution < 1.29 is 4.79 Å². The van der Waals surface area contributed by atoms with E-state index in [-0.39, 0.29) is 5.91 Å². The molecule has 4 nitrogen and oxygen atoms in total. The first-order chi connectivity index (χ1) is 7.20. The molecule has 1 amide bonds. The third kappa shape index (κ3) is 9.23. The van der Waals surface area contributed by atoms with Crippen LogP contribution >= 0.6 is 0 Å². The first-order valence-corrected chi connectivity index (χ1v) is 5.57. The number of hydrogen-bond acceptors (Lipinski definition) is 3. The summed E-state index contributed by atoms with van der Waals surface area (Å²) in [5, 5.41) is 14.2. The van der Waals surface area contributed by atoms with Crippen molar-refractivity contribution in [3.63, 3.8) is 0 Å². The zero-order valence-electron chi connectivity index (χ0n) is 9.68. The van der Waals surface area contributed by atoms with Gasteiger partial charge >= 0.3 is 0 Å². The number of rotatable bonds is 8. The molecule has 2 N–H and O–H groups in total. The summed E-state index contributed by atoms with van der Waals surface area (Å²) in [5.41, 5.74) is 0. The van der Waals surface area contributed by atoms with Crippen LogP contribution in [0.15, 0.2) is 0 Å². The Morgan fingerprint density at radius 1 is 1.47 bits per heavy atom. The van der Waals surface area contributed by atoms with Crippen LogP contribution in [-0.2, 0) is 4.79 Å². The number of unbranched alkanes of at least 4 members (excludes halogenated alkanes) is 2. The molecule has 0 saturated carbocycles. The fourth-order valence-electron chi connectivity index (χ4n) is 1.03. The zero-order valence-corrected chi connectivity index (χ0v) is 9.68. The van der Waals surface area contributed by atoms with Gasteiger partial charge in [-0.25, -0.2) is 0 Å². The van der Waals surface area contributed by atoms with Gasteiger partial charge in [-0.2, -0.15) is 5.26 Å². The highest BCUT2D eigenvalue weighted by atomic mass is 16.1. The van der Waals surface area contributed by atoms with Crippen LogP contribution in [0.25, 0.3) is 0 Å². The summed E-state index contributed by atoms with van der Waals surface area (Å²) in [5.74, 6) is 0.0345. The molecule has 15 heavy (non-hydrogen) atoms. The van der Waals surface area contributed by atoms with E-state index in [9.17, 15) is 4.79 Å². The van der Waals surface area contributed by atoms with Gasteiger partial charge in [0.25, 0.3) is 0 Å². The largest absolute Gasteiger partial charge is 0.355 e. The molecule has 0 saturated heterocycles. The van der Waals surface area contributed by atoms with Gasteiger partial charge in [-0.15, -0.1) is 0 Å². The first-order valence-electron chi connectivity index (χ1n) is 5.57. The molecule has 0 spiro atoms. The number of nitriles is 1. The van der Waals surface area contributed by atoms with Crippen LogP contribution in [0.3, 0.4) is 0 Å². The smallest absolute Gasteiger partial charge is 0.233 e. The van der Waals surface area contributed by atoms with Crippen molar-refractivity contribution in [3.05, 3.63) is 0 Å². The molecule has 1 unspecified atom stereocenters. The first kappa shape index (κ1) is 13.9. The van der Waals surface area contributed by atoms with E-state index >= 15 is 0 Å². The van der Waals surface area contributed by atoms with Gasteiger partial charge in [-0.3, -0.25) is 4.79 Å². The maximum absolute atomic E-state index is 11.3. The highest BCUT2D eigenvalue weighted by Crippen LogP contribution is 1.91. The molecule has 86 valence electrons. The van der Waals surface area contributed by atoms with E-state index in [1.807, 2.05) is 0 Å². The fraction of sp³-hybridized carbons (Fsp3) is 0.818. The van der Waals surface area contributed by atoms with Crippen LogP contribution in [0, 0.1) is 11.3 Å². The molecule has 0 heterocycles. The molecule has 0 aromatic rings. The molecule has 0 aliphatic carbocycles. The Morgan fingerprint density at radius 2 is 2.20 bits per heavy atom. The van der Waals surface area contributed by atoms with Crippen LogP contribution in [0.2, 0.25) is 0 Å². The van der Waals surface area contributed by atoms with Crippen LogP contribution in [0.1, 0.15) is 39.5 Å². The summed E-state index contributed by atoms with van der Waals surface area (Å²) < 4.78 is 0. The van der Waals surface area contributed by atoms with Gasteiger partial charge < -0.3 is 10.6 Å². The number of amides is 1. The lowest BCUT2D eigenvalue weighted by Gasteiger charge is -2.10. The third-order valence-corrected chi connectivity index (χ3v) is 2.26. The summed E-state index contributed by atoms with van der Waals surface area (Å²) in [6.45, 7) is 5.19. The molecular formula is C11H21N3O. The Morgan fingerprint density at radius 3 is 2.80 bits per heavy atom. The Bertz CT molecular complexity index is 210. The van der Waals surface area contributed by atoms with Crippen LogP contribution in [0.4, 0.5) is 0 Å². The highest BCUT2D eigenvalue weighted by Gasteiger charge is 2.02. The minimum absolute atomic E-state index is 0.0345. The maximum Gasteiger partial charge on any atom is 0.233 e. The topological polar surface area (TPSA) is 64.9 Å². The van der Waals surface area contributed by atoms with E-state index in [4.69, 9.17) is 5.26 Å². The van der Waals surface area contributed by atoms with E-state index in [0.29, 0.717) is 25.6 Å². The number of nitrogens with one attached hydrogen (secondary N) is 2. The minimum Gasteiger partial charge on any atom is -0.355 e. The monoisotopic (exact) mass is 211 g/mol. The zero-order chi connectivity index (χ0) is 11.5. The van der Waals surface area contributed by atoms with Crippen molar-refractivity contribution in [2.24, 2.45) is 0 Å². The normalized spacial score (nSPS) is 11.8. The van der Waals surface area contributed by atoms with E-state index < -0.39 is 0 Å². The predicted molar refractivity (Wildman–Crippen MR) is 60.2 cm³/mol. The summed E-state index contributed by atoms with van der Waals surface area (Å²) in [7, 11) is 0. The Labute approximate surface area is 92.0 Å². The molecule has 0 fully saturated rings. The molecule has 0 aliphatic heterocycles. The number of nitrogens with zero attached hydrogens (tertiary/aromatic N) is 1. The van der Waals surface area contributed by atoms with Crippen LogP contribution < -0.4 is 10.6 Å².